The average Bonchev–Trinajstić information content (AvgIpc) is 2.81. The zero-order valence-corrected chi connectivity index (χ0v) is 10.2. The monoisotopic (exact) mass is 235 g/mol. The molecule has 1 aliphatic heterocycles. The van der Waals surface area contributed by atoms with Gasteiger partial charge in [-0.2, -0.15) is 0 Å². The van der Waals surface area contributed by atoms with E-state index in [-0.39, 0.29) is 12.5 Å². The molecule has 0 unspecified atom stereocenters. The Hall–Kier alpha value is -1.55. The SMILES string of the molecule is Cc1ccc(OCC(=O)N2CCCO2)c(C)c1. The highest BCUT2D eigenvalue weighted by molar-refractivity contribution is 5.76. The molecule has 0 atom stereocenters. The van der Waals surface area contributed by atoms with Crippen LogP contribution in [0.5, 0.6) is 5.75 Å². The van der Waals surface area contributed by atoms with Crippen molar-refractivity contribution in [2.75, 3.05) is 19.8 Å². The largest absolute Gasteiger partial charge is 0.483 e. The van der Waals surface area contributed by atoms with Gasteiger partial charge < -0.3 is 4.74 Å². The highest BCUT2D eigenvalue weighted by atomic mass is 16.7. The first kappa shape index (κ1) is 11.9. The third-order valence-corrected chi connectivity index (χ3v) is 2.71. The quantitative estimate of drug-likeness (QED) is 0.802. The summed E-state index contributed by atoms with van der Waals surface area (Å²) in [6.07, 6.45) is 0.898. The molecule has 0 N–H and O–H groups in total. The number of carbonyl (C=O) groups is 1. The predicted molar refractivity (Wildman–Crippen MR) is 63.7 cm³/mol. The molecule has 1 aromatic carbocycles. The topological polar surface area (TPSA) is 38.8 Å². The molecule has 0 aromatic heterocycles. The van der Waals surface area contributed by atoms with Crippen molar-refractivity contribution in [1.29, 1.82) is 0 Å². The number of hydrogen-bond donors (Lipinski definition) is 0. The Morgan fingerprint density at radius 3 is 2.94 bits per heavy atom. The third kappa shape index (κ3) is 2.97. The maximum atomic E-state index is 11.7. The average molecular weight is 235 g/mol. The molecule has 92 valence electrons. The molecule has 1 aromatic rings. The summed E-state index contributed by atoms with van der Waals surface area (Å²) in [5, 5.41) is 1.38. The Labute approximate surface area is 101 Å². The third-order valence-electron chi connectivity index (χ3n) is 2.71. The fraction of sp³-hybridized carbons (Fsp3) is 0.462. The minimum Gasteiger partial charge on any atom is -0.483 e. The van der Waals surface area contributed by atoms with E-state index in [2.05, 4.69) is 0 Å². The summed E-state index contributed by atoms with van der Waals surface area (Å²) in [5.74, 6) is 0.630. The van der Waals surface area contributed by atoms with Gasteiger partial charge in [-0.05, 0) is 31.9 Å². The molecule has 4 nitrogen and oxygen atoms in total. The van der Waals surface area contributed by atoms with E-state index in [1.807, 2.05) is 32.0 Å². The second-order valence-electron chi connectivity index (χ2n) is 4.24. The second kappa shape index (κ2) is 5.19. The predicted octanol–water partition coefficient (Wildman–Crippen LogP) is 1.85. The van der Waals surface area contributed by atoms with E-state index in [4.69, 9.17) is 9.57 Å². The van der Waals surface area contributed by atoms with E-state index in [1.165, 1.54) is 10.6 Å². The number of hydroxylamine groups is 2. The molecule has 0 spiro atoms. The highest BCUT2D eigenvalue weighted by Gasteiger charge is 2.19. The second-order valence-corrected chi connectivity index (χ2v) is 4.24. The van der Waals surface area contributed by atoms with Crippen molar-refractivity contribution in [3.8, 4) is 5.75 Å². The number of amides is 1. The van der Waals surface area contributed by atoms with Crippen LogP contribution in [-0.2, 0) is 9.63 Å². The van der Waals surface area contributed by atoms with E-state index >= 15 is 0 Å². The van der Waals surface area contributed by atoms with Gasteiger partial charge in [0.2, 0.25) is 0 Å². The van der Waals surface area contributed by atoms with Crippen LogP contribution in [-0.4, -0.2) is 30.7 Å². The number of hydrogen-bond acceptors (Lipinski definition) is 3. The summed E-state index contributed by atoms with van der Waals surface area (Å²) in [7, 11) is 0. The van der Waals surface area contributed by atoms with E-state index in [0.717, 1.165) is 17.7 Å². The normalized spacial score (nSPS) is 15.1. The molecule has 1 fully saturated rings. The summed E-state index contributed by atoms with van der Waals surface area (Å²) >= 11 is 0. The van der Waals surface area contributed by atoms with Gasteiger partial charge in [0.05, 0.1) is 13.2 Å². The van der Waals surface area contributed by atoms with Crippen molar-refractivity contribution in [2.24, 2.45) is 0 Å². The molecule has 2 rings (SSSR count). The number of nitrogens with zero attached hydrogens (tertiary/aromatic N) is 1. The van der Waals surface area contributed by atoms with Crippen LogP contribution < -0.4 is 4.74 Å². The zero-order chi connectivity index (χ0) is 12.3. The molecule has 0 aliphatic carbocycles. The minimum atomic E-state index is -0.123. The van der Waals surface area contributed by atoms with Crippen LogP contribution >= 0.6 is 0 Å². The van der Waals surface area contributed by atoms with E-state index in [1.54, 1.807) is 0 Å². The Balaban J connectivity index is 1.90. The number of aryl methyl sites for hydroxylation is 2. The van der Waals surface area contributed by atoms with Crippen LogP contribution in [0.4, 0.5) is 0 Å². The molecular weight excluding hydrogens is 218 g/mol. The Morgan fingerprint density at radius 1 is 1.47 bits per heavy atom. The first-order chi connectivity index (χ1) is 8.16. The van der Waals surface area contributed by atoms with Gasteiger partial charge in [-0.15, -0.1) is 0 Å². The van der Waals surface area contributed by atoms with Crippen molar-refractivity contribution < 1.29 is 14.4 Å². The van der Waals surface area contributed by atoms with E-state index in [0.29, 0.717) is 13.2 Å². The maximum absolute atomic E-state index is 11.7. The molecule has 0 bridgehead atoms. The summed E-state index contributed by atoms with van der Waals surface area (Å²) in [6, 6.07) is 5.90. The molecule has 17 heavy (non-hydrogen) atoms. The number of ether oxygens (including phenoxy) is 1. The van der Waals surface area contributed by atoms with Crippen molar-refractivity contribution in [3.05, 3.63) is 29.3 Å². The Kier molecular flexibility index (Phi) is 3.64. The van der Waals surface area contributed by atoms with E-state index < -0.39 is 0 Å². The van der Waals surface area contributed by atoms with Gasteiger partial charge in [0.25, 0.3) is 5.91 Å². The van der Waals surface area contributed by atoms with Crippen molar-refractivity contribution in [3.63, 3.8) is 0 Å². The first-order valence-corrected chi connectivity index (χ1v) is 5.80. The maximum Gasteiger partial charge on any atom is 0.283 e. The standard InChI is InChI=1S/C13H17NO3/c1-10-4-5-12(11(2)8-10)16-9-13(15)14-6-3-7-17-14/h4-5,8H,3,6-7,9H2,1-2H3. The van der Waals surface area contributed by atoms with Crippen LogP contribution in [0.3, 0.4) is 0 Å². The molecule has 0 saturated carbocycles. The van der Waals surface area contributed by atoms with Gasteiger partial charge in [-0.1, -0.05) is 17.7 Å². The molecule has 4 heteroatoms. The van der Waals surface area contributed by atoms with Crippen LogP contribution in [0.2, 0.25) is 0 Å². The summed E-state index contributed by atoms with van der Waals surface area (Å²) in [4.78, 5) is 16.8. The molecule has 1 aliphatic rings. The summed E-state index contributed by atoms with van der Waals surface area (Å²) < 4.78 is 5.49. The van der Waals surface area contributed by atoms with Gasteiger partial charge in [-0.25, -0.2) is 5.06 Å². The fourth-order valence-electron chi connectivity index (χ4n) is 1.82. The number of benzene rings is 1. The summed E-state index contributed by atoms with van der Waals surface area (Å²) in [6.45, 7) is 5.31. The minimum absolute atomic E-state index is 0.0316. The van der Waals surface area contributed by atoms with Gasteiger partial charge in [0, 0.05) is 0 Å². The lowest BCUT2D eigenvalue weighted by Crippen LogP contribution is -2.31. The molecule has 1 amide bonds. The van der Waals surface area contributed by atoms with Crippen molar-refractivity contribution in [2.45, 2.75) is 20.3 Å². The van der Waals surface area contributed by atoms with Crippen LogP contribution in [0.15, 0.2) is 18.2 Å². The van der Waals surface area contributed by atoms with Crippen LogP contribution in [0, 0.1) is 13.8 Å². The van der Waals surface area contributed by atoms with Gasteiger partial charge >= 0.3 is 0 Å². The summed E-state index contributed by atoms with van der Waals surface area (Å²) in [5.41, 5.74) is 2.23. The lowest BCUT2D eigenvalue weighted by molar-refractivity contribution is -0.170. The lowest BCUT2D eigenvalue weighted by atomic mass is 10.1. The molecule has 1 saturated heterocycles. The number of rotatable bonds is 3. The van der Waals surface area contributed by atoms with Crippen LogP contribution in [0.1, 0.15) is 17.5 Å². The molecule has 0 radical (unpaired) electrons. The fourth-order valence-corrected chi connectivity index (χ4v) is 1.82. The van der Waals surface area contributed by atoms with Crippen molar-refractivity contribution >= 4 is 5.91 Å². The van der Waals surface area contributed by atoms with Gasteiger partial charge in [0.1, 0.15) is 5.75 Å². The lowest BCUT2D eigenvalue weighted by Gasteiger charge is -2.15. The van der Waals surface area contributed by atoms with Crippen molar-refractivity contribution in [1.82, 2.24) is 5.06 Å². The van der Waals surface area contributed by atoms with Gasteiger partial charge in [-0.3, -0.25) is 9.63 Å². The Morgan fingerprint density at radius 2 is 2.29 bits per heavy atom. The highest BCUT2D eigenvalue weighted by Crippen LogP contribution is 2.18. The Bertz CT molecular complexity index is 411. The first-order valence-electron chi connectivity index (χ1n) is 5.80. The van der Waals surface area contributed by atoms with E-state index in [9.17, 15) is 4.79 Å². The van der Waals surface area contributed by atoms with Crippen LogP contribution in [0.25, 0.3) is 0 Å². The zero-order valence-electron chi connectivity index (χ0n) is 10.2. The number of carbonyl (C=O) groups excluding carboxylic acids is 1. The van der Waals surface area contributed by atoms with Gasteiger partial charge in [0.15, 0.2) is 6.61 Å². The molecule has 1 heterocycles. The smallest absolute Gasteiger partial charge is 0.283 e. The molecular formula is C13H17NO3.